The minimum Gasteiger partial charge on any atom is -0.393 e. The van der Waals surface area contributed by atoms with E-state index in [0.29, 0.717) is 38.5 Å². The van der Waals surface area contributed by atoms with E-state index in [2.05, 4.69) is 11.1 Å². The number of aliphatic hydroxyl groups is 6. The molecular formula is C29H52O10S. The molecule has 4 aliphatic rings. The number of rotatable bonds is 9. The van der Waals surface area contributed by atoms with E-state index in [1.165, 1.54) is 0 Å². The lowest BCUT2D eigenvalue weighted by Crippen LogP contribution is -2.75. The second-order valence-electron chi connectivity index (χ2n) is 14.6. The third-order valence-electron chi connectivity index (χ3n) is 12.3. The Hall–Kier alpha value is -0.370. The number of fused-ring (bicyclic) bond motifs is 5. The number of aliphatic hydroxyl groups excluding tert-OH is 4. The monoisotopic (exact) mass is 592 g/mol. The van der Waals surface area contributed by atoms with Crippen LogP contribution >= 0.6 is 0 Å². The third-order valence-corrected chi connectivity index (χ3v) is 12.8. The maximum Gasteiger partial charge on any atom is 0.397 e. The molecule has 40 heavy (non-hydrogen) atoms. The highest BCUT2D eigenvalue weighted by atomic mass is 32.3. The van der Waals surface area contributed by atoms with Crippen LogP contribution < -0.4 is 0 Å². The lowest BCUT2D eigenvalue weighted by Gasteiger charge is -2.68. The van der Waals surface area contributed by atoms with Gasteiger partial charge in [0, 0.05) is 24.2 Å². The summed E-state index contributed by atoms with van der Waals surface area (Å²) >= 11 is 0. The van der Waals surface area contributed by atoms with Crippen LogP contribution in [-0.4, -0.2) is 85.8 Å². The maximum absolute atomic E-state index is 12.4. The average molecular weight is 593 g/mol. The molecule has 234 valence electrons. The van der Waals surface area contributed by atoms with Crippen molar-refractivity contribution in [3.63, 3.8) is 0 Å². The molecule has 0 aliphatic heterocycles. The summed E-state index contributed by atoms with van der Waals surface area (Å²) in [7, 11) is -4.49. The van der Waals surface area contributed by atoms with Crippen LogP contribution in [0.3, 0.4) is 0 Å². The normalized spacial score (nSPS) is 48.8. The Balaban J connectivity index is 1.55. The molecule has 0 saturated heterocycles. The van der Waals surface area contributed by atoms with Crippen LogP contribution in [0.4, 0.5) is 0 Å². The predicted molar refractivity (Wildman–Crippen MR) is 147 cm³/mol. The van der Waals surface area contributed by atoms with Gasteiger partial charge in [0.2, 0.25) is 0 Å². The Bertz CT molecular complexity index is 1020. The topological polar surface area (TPSA) is 185 Å². The zero-order valence-electron chi connectivity index (χ0n) is 24.6. The van der Waals surface area contributed by atoms with Gasteiger partial charge in [-0.2, -0.15) is 8.42 Å². The second kappa shape index (κ2) is 11.0. The molecule has 0 aromatic heterocycles. The molecule has 4 fully saturated rings. The van der Waals surface area contributed by atoms with Crippen molar-refractivity contribution in [1.29, 1.82) is 0 Å². The molecule has 0 aromatic rings. The Labute approximate surface area is 239 Å². The summed E-state index contributed by atoms with van der Waals surface area (Å²) in [5.41, 5.74) is -4.47. The standard InChI is InChI=1S/C29H52O10S/c1-16(2)18(10-13-39-40(36,37)38)7-6-17(3)22-23(32)24(33)25-26(22,4)11-9-20-27(5)12-8-19(30)14-29(27,35)21(31)15-28(20,25)34/h16-25,30-35H,6-15H2,1-5H3,(H,36,37,38)/t17-,18-,19-,20?,21+,22-,23+,24?,25?,26+,27+,28-,29-/m0/s1. The van der Waals surface area contributed by atoms with Crippen LogP contribution in [0.2, 0.25) is 0 Å². The Morgan fingerprint density at radius 2 is 1.55 bits per heavy atom. The van der Waals surface area contributed by atoms with E-state index in [0.717, 1.165) is 6.42 Å². The highest BCUT2D eigenvalue weighted by molar-refractivity contribution is 7.80. The molecule has 0 amide bonds. The van der Waals surface area contributed by atoms with Crippen LogP contribution in [0.25, 0.3) is 0 Å². The Morgan fingerprint density at radius 3 is 2.15 bits per heavy atom. The fraction of sp³-hybridized carbons (Fsp3) is 1.00. The van der Waals surface area contributed by atoms with Gasteiger partial charge in [-0.25, -0.2) is 4.18 Å². The van der Waals surface area contributed by atoms with Gasteiger partial charge in [0.15, 0.2) is 0 Å². The zero-order valence-corrected chi connectivity index (χ0v) is 25.4. The van der Waals surface area contributed by atoms with Gasteiger partial charge < -0.3 is 30.6 Å². The van der Waals surface area contributed by atoms with Gasteiger partial charge in [0.25, 0.3) is 0 Å². The average Bonchev–Trinajstić information content (AvgIpc) is 3.02. The van der Waals surface area contributed by atoms with E-state index in [9.17, 15) is 39.1 Å². The van der Waals surface area contributed by atoms with Crippen LogP contribution in [0.1, 0.15) is 92.4 Å². The van der Waals surface area contributed by atoms with Gasteiger partial charge in [0.1, 0.15) is 0 Å². The summed E-state index contributed by atoms with van der Waals surface area (Å²) in [5.74, 6) is -1.04. The molecule has 0 bridgehead atoms. The van der Waals surface area contributed by atoms with E-state index >= 15 is 0 Å². The van der Waals surface area contributed by atoms with Gasteiger partial charge in [-0.15, -0.1) is 0 Å². The molecular weight excluding hydrogens is 540 g/mol. The van der Waals surface area contributed by atoms with Crippen LogP contribution in [0.5, 0.6) is 0 Å². The number of hydrogen-bond donors (Lipinski definition) is 7. The van der Waals surface area contributed by atoms with E-state index in [1.54, 1.807) is 0 Å². The van der Waals surface area contributed by atoms with Gasteiger partial charge in [0.05, 0.1) is 42.2 Å². The molecule has 0 aromatic carbocycles. The molecule has 3 unspecified atom stereocenters. The smallest absolute Gasteiger partial charge is 0.393 e. The fourth-order valence-electron chi connectivity index (χ4n) is 10.3. The van der Waals surface area contributed by atoms with E-state index in [-0.39, 0.29) is 43.1 Å². The summed E-state index contributed by atoms with van der Waals surface area (Å²) in [4.78, 5) is 0. The quantitative estimate of drug-likeness (QED) is 0.195. The zero-order chi connectivity index (χ0) is 30.1. The minimum atomic E-state index is -4.49. The first-order valence-electron chi connectivity index (χ1n) is 15.1. The number of hydrogen-bond acceptors (Lipinski definition) is 9. The SMILES string of the molecule is CC(C)[C@H](CCOS(=O)(=O)O)CC[C@H](C)[C@H]1[C@@H](O)C(O)C2[C@]3(O)C[C@@H](O)[C@@]4(O)C[C@@H](O)CC[C@]4(C)C3CC[C@@]21C. The summed E-state index contributed by atoms with van der Waals surface area (Å²) in [6.07, 6.45) is -0.249. The molecule has 4 saturated carbocycles. The summed E-state index contributed by atoms with van der Waals surface area (Å²) in [5, 5.41) is 68.7. The molecule has 4 aliphatic carbocycles. The van der Waals surface area contributed by atoms with Crippen molar-refractivity contribution in [2.75, 3.05) is 6.61 Å². The summed E-state index contributed by atoms with van der Waals surface area (Å²) in [6.45, 7) is 9.97. The second-order valence-corrected chi connectivity index (χ2v) is 15.7. The molecule has 7 N–H and O–H groups in total. The molecule has 10 nitrogen and oxygen atoms in total. The van der Waals surface area contributed by atoms with Crippen molar-refractivity contribution in [2.45, 2.75) is 128 Å². The Kier molecular flexibility index (Phi) is 8.92. The maximum atomic E-state index is 12.4. The molecule has 0 radical (unpaired) electrons. The largest absolute Gasteiger partial charge is 0.397 e. The first-order chi connectivity index (χ1) is 18.3. The molecule has 13 atom stereocenters. The minimum absolute atomic E-state index is 0.0191. The lowest BCUT2D eigenvalue weighted by atomic mass is 9.40. The van der Waals surface area contributed by atoms with Crippen molar-refractivity contribution in [3.05, 3.63) is 0 Å². The lowest BCUT2D eigenvalue weighted by molar-refractivity contribution is -0.315. The molecule has 11 heteroatoms. The van der Waals surface area contributed by atoms with Gasteiger partial charge in [-0.05, 0) is 73.5 Å². The van der Waals surface area contributed by atoms with E-state index < -0.39 is 68.7 Å². The van der Waals surface area contributed by atoms with Crippen molar-refractivity contribution in [2.24, 2.45) is 46.3 Å². The third kappa shape index (κ3) is 5.19. The summed E-state index contributed by atoms with van der Waals surface area (Å²) < 4.78 is 35.3. The molecule has 0 spiro atoms. The Morgan fingerprint density at radius 1 is 0.900 bits per heavy atom. The highest BCUT2D eigenvalue weighted by Crippen LogP contribution is 2.70. The van der Waals surface area contributed by atoms with Gasteiger partial charge in [-0.1, -0.05) is 41.0 Å². The van der Waals surface area contributed by atoms with Crippen LogP contribution in [-0.2, 0) is 14.6 Å². The first-order valence-corrected chi connectivity index (χ1v) is 16.5. The first kappa shape index (κ1) is 32.5. The van der Waals surface area contributed by atoms with Crippen LogP contribution in [0.15, 0.2) is 0 Å². The van der Waals surface area contributed by atoms with Crippen molar-refractivity contribution in [1.82, 2.24) is 0 Å². The summed E-state index contributed by atoms with van der Waals surface area (Å²) in [6, 6.07) is 0. The van der Waals surface area contributed by atoms with Crippen molar-refractivity contribution in [3.8, 4) is 0 Å². The van der Waals surface area contributed by atoms with Crippen molar-refractivity contribution >= 4 is 10.4 Å². The molecule has 4 rings (SSSR count). The van der Waals surface area contributed by atoms with E-state index in [4.69, 9.17) is 4.55 Å². The van der Waals surface area contributed by atoms with Crippen LogP contribution in [0, 0.1) is 46.3 Å². The predicted octanol–water partition coefficient (Wildman–Crippen LogP) is 2.05. The van der Waals surface area contributed by atoms with Crippen molar-refractivity contribution < 1.29 is 47.8 Å². The molecule has 0 heterocycles. The van der Waals surface area contributed by atoms with Gasteiger partial charge in [-0.3, -0.25) is 4.55 Å². The fourth-order valence-corrected chi connectivity index (χ4v) is 10.6. The van der Waals surface area contributed by atoms with E-state index in [1.807, 2.05) is 27.7 Å². The van der Waals surface area contributed by atoms with Gasteiger partial charge >= 0.3 is 10.4 Å². The highest BCUT2D eigenvalue weighted by Gasteiger charge is 2.75.